The lowest BCUT2D eigenvalue weighted by molar-refractivity contribution is -0.128. The van der Waals surface area contributed by atoms with Crippen molar-refractivity contribution in [3.63, 3.8) is 0 Å². The molecule has 1 N–H and O–H groups in total. The van der Waals surface area contributed by atoms with E-state index in [1.165, 1.54) is 30.2 Å². The number of carbonyl (C=O) groups is 3. The zero-order valence-corrected chi connectivity index (χ0v) is 22.5. The van der Waals surface area contributed by atoms with Gasteiger partial charge in [-0.3, -0.25) is 19.3 Å². The molecule has 0 bridgehead atoms. The highest BCUT2D eigenvalue weighted by Gasteiger charge is 2.54. The van der Waals surface area contributed by atoms with Gasteiger partial charge in [0.25, 0.3) is 11.8 Å². The first kappa shape index (κ1) is 27.3. The number of ether oxygens (including phenoxy) is 2. The summed E-state index contributed by atoms with van der Waals surface area (Å²) in [4.78, 5) is 43.8. The highest BCUT2D eigenvalue weighted by molar-refractivity contribution is 5.99. The van der Waals surface area contributed by atoms with Crippen LogP contribution in [0.5, 0.6) is 5.75 Å². The first-order valence-electron chi connectivity index (χ1n) is 13.3. The largest absolute Gasteiger partial charge is 0.497 e. The Balaban J connectivity index is 1.40. The molecule has 0 aromatic heterocycles. The predicted octanol–water partition coefficient (Wildman–Crippen LogP) is 4.19. The van der Waals surface area contributed by atoms with Gasteiger partial charge < -0.3 is 19.7 Å². The Hall–Kier alpha value is -4.24. The second-order valence-corrected chi connectivity index (χ2v) is 10.1. The molecule has 8 nitrogen and oxygen atoms in total. The summed E-state index contributed by atoms with van der Waals surface area (Å²) < 4.78 is 25.9. The van der Waals surface area contributed by atoms with Crippen molar-refractivity contribution in [1.29, 1.82) is 0 Å². The number of nitrogens with one attached hydrogen (secondary N) is 1. The van der Waals surface area contributed by atoms with E-state index in [2.05, 4.69) is 5.32 Å². The van der Waals surface area contributed by atoms with Crippen LogP contribution in [0.1, 0.15) is 52.1 Å². The number of likely N-dealkylation sites (tertiary alicyclic amines) is 1. The molecule has 2 saturated heterocycles. The molecule has 3 amide bonds. The summed E-state index contributed by atoms with van der Waals surface area (Å²) in [5.74, 6) is -1.16. The smallest absolute Gasteiger partial charge is 0.257 e. The van der Waals surface area contributed by atoms with Gasteiger partial charge in [-0.05, 0) is 42.8 Å². The minimum Gasteiger partial charge on any atom is -0.497 e. The molecular formula is C31H32FN3O5. The van der Waals surface area contributed by atoms with E-state index in [1.807, 2.05) is 37.3 Å². The molecule has 3 aromatic rings. The van der Waals surface area contributed by atoms with Gasteiger partial charge in [-0.15, -0.1) is 0 Å². The zero-order valence-electron chi connectivity index (χ0n) is 22.5. The van der Waals surface area contributed by atoms with Gasteiger partial charge in [0.2, 0.25) is 5.91 Å². The summed E-state index contributed by atoms with van der Waals surface area (Å²) >= 11 is 0. The van der Waals surface area contributed by atoms with Gasteiger partial charge in [-0.1, -0.05) is 48.5 Å². The summed E-state index contributed by atoms with van der Waals surface area (Å²) in [5.41, 5.74) is 0.213. The SMILES string of the molecule is COc1cccc(C(=O)N2[C@H](C(=O)N[C@@H](C)c3ccccc3)COC23CCN(C(=O)c2ccccc2F)CC3)c1. The number of methoxy groups -OCH3 is 1. The molecule has 208 valence electrons. The molecule has 2 aliphatic rings. The first-order valence-corrected chi connectivity index (χ1v) is 13.3. The quantitative estimate of drug-likeness (QED) is 0.502. The van der Waals surface area contributed by atoms with Crippen molar-refractivity contribution in [2.75, 3.05) is 26.8 Å². The monoisotopic (exact) mass is 545 g/mol. The molecule has 0 unspecified atom stereocenters. The maximum Gasteiger partial charge on any atom is 0.257 e. The second-order valence-electron chi connectivity index (χ2n) is 10.1. The van der Waals surface area contributed by atoms with Crippen molar-refractivity contribution in [3.05, 3.63) is 101 Å². The van der Waals surface area contributed by atoms with Crippen LogP contribution in [-0.4, -0.2) is 66.1 Å². The Morgan fingerprint density at radius 2 is 1.68 bits per heavy atom. The summed E-state index contributed by atoms with van der Waals surface area (Å²) in [7, 11) is 1.52. The number of piperidine rings is 1. The van der Waals surface area contributed by atoms with Crippen molar-refractivity contribution in [2.45, 2.75) is 37.6 Å². The lowest BCUT2D eigenvalue weighted by Crippen LogP contribution is -2.60. The minimum atomic E-state index is -1.09. The topological polar surface area (TPSA) is 88.2 Å². The molecule has 3 aromatic carbocycles. The molecule has 2 atom stereocenters. The Morgan fingerprint density at radius 3 is 2.38 bits per heavy atom. The number of hydrogen-bond acceptors (Lipinski definition) is 5. The van der Waals surface area contributed by atoms with E-state index in [9.17, 15) is 18.8 Å². The summed E-state index contributed by atoms with van der Waals surface area (Å²) in [6.45, 7) is 2.39. The number of hydrogen-bond donors (Lipinski definition) is 1. The third-order valence-electron chi connectivity index (χ3n) is 7.69. The third kappa shape index (κ3) is 5.29. The molecule has 5 rings (SSSR count). The van der Waals surface area contributed by atoms with Crippen LogP contribution >= 0.6 is 0 Å². The fourth-order valence-corrected chi connectivity index (χ4v) is 5.46. The number of benzene rings is 3. The van der Waals surface area contributed by atoms with Gasteiger partial charge in [-0.25, -0.2) is 4.39 Å². The molecule has 40 heavy (non-hydrogen) atoms. The zero-order chi connectivity index (χ0) is 28.3. The van der Waals surface area contributed by atoms with E-state index in [-0.39, 0.29) is 56.0 Å². The van der Waals surface area contributed by atoms with Gasteiger partial charge in [0.05, 0.1) is 25.3 Å². The van der Waals surface area contributed by atoms with Crippen LogP contribution in [-0.2, 0) is 9.53 Å². The molecule has 0 radical (unpaired) electrons. The number of rotatable bonds is 6. The van der Waals surface area contributed by atoms with Gasteiger partial charge in [0, 0.05) is 31.5 Å². The highest BCUT2D eigenvalue weighted by atomic mass is 19.1. The molecular weight excluding hydrogens is 513 g/mol. The van der Waals surface area contributed by atoms with E-state index >= 15 is 0 Å². The van der Waals surface area contributed by atoms with E-state index in [1.54, 1.807) is 35.2 Å². The van der Waals surface area contributed by atoms with Gasteiger partial charge >= 0.3 is 0 Å². The Kier molecular flexibility index (Phi) is 7.84. The van der Waals surface area contributed by atoms with E-state index in [0.717, 1.165) is 5.56 Å². The first-order chi connectivity index (χ1) is 19.3. The molecule has 1 spiro atoms. The standard InChI is InChI=1S/C31H32FN3O5/c1-21(22-9-4-3-5-10-22)33-28(36)27-20-40-31(35(27)29(37)23-11-8-12-24(19-23)39-2)15-17-34(18-16-31)30(38)25-13-6-7-14-26(25)32/h3-14,19,21,27H,15-18,20H2,1-2H3,(H,33,36)/t21-,27-/m0/s1. The van der Waals surface area contributed by atoms with Crippen LogP contribution in [0.4, 0.5) is 4.39 Å². The number of carbonyl (C=O) groups excluding carboxylic acids is 3. The number of nitrogens with zero attached hydrogens (tertiary/aromatic N) is 2. The number of amides is 3. The van der Waals surface area contributed by atoms with Crippen LogP contribution in [0.2, 0.25) is 0 Å². The van der Waals surface area contributed by atoms with Crippen LogP contribution in [0.25, 0.3) is 0 Å². The van der Waals surface area contributed by atoms with Crippen molar-refractivity contribution >= 4 is 17.7 Å². The molecule has 2 heterocycles. The van der Waals surface area contributed by atoms with E-state index in [4.69, 9.17) is 9.47 Å². The van der Waals surface area contributed by atoms with Crippen molar-refractivity contribution in [3.8, 4) is 5.75 Å². The average molecular weight is 546 g/mol. The molecule has 9 heteroatoms. The predicted molar refractivity (Wildman–Crippen MR) is 146 cm³/mol. The van der Waals surface area contributed by atoms with Crippen molar-refractivity contribution in [2.24, 2.45) is 0 Å². The maximum atomic E-state index is 14.3. The van der Waals surface area contributed by atoms with Crippen LogP contribution in [0.15, 0.2) is 78.9 Å². The molecule has 0 aliphatic carbocycles. The maximum absolute atomic E-state index is 14.3. The van der Waals surface area contributed by atoms with Crippen LogP contribution in [0, 0.1) is 5.82 Å². The summed E-state index contributed by atoms with van der Waals surface area (Å²) in [6, 6.07) is 21.1. The lowest BCUT2D eigenvalue weighted by Gasteiger charge is -2.44. The highest BCUT2D eigenvalue weighted by Crippen LogP contribution is 2.39. The van der Waals surface area contributed by atoms with Crippen molar-refractivity contribution in [1.82, 2.24) is 15.1 Å². The fourth-order valence-electron chi connectivity index (χ4n) is 5.46. The normalized spacial score (nSPS) is 18.8. The Morgan fingerprint density at radius 1 is 0.975 bits per heavy atom. The average Bonchev–Trinajstić information content (AvgIpc) is 3.35. The third-order valence-corrected chi connectivity index (χ3v) is 7.69. The van der Waals surface area contributed by atoms with Crippen molar-refractivity contribution < 1.29 is 28.2 Å². The lowest BCUT2D eigenvalue weighted by atomic mass is 9.96. The summed E-state index contributed by atoms with van der Waals surface area (Å²) in [6.07, 6.45) is 0.557. The van der Waals surface area contributed by atoms with Crippen LogP contribution in [0.3, 0.4) is 0 Å². The van der Waals surface area contributed by atoms with Gasteiger partial charge in [0.1, 0.15) is 23.3 Å². The minimum absolute atomic E-state index is 0.00209. The van der Waals surface area contributed by atoms with Gasteiger partial charge in [0.15, 0.2) is 0 Å². The molecule has 2 fully saturated rings. The second kappa shape index (κ2) is 11.5. The Bertz CT molecular complexity index is 1390. The van der Waals surface area contributed by atoms with E-state index < -0.39 is 23.5 Å². The molecule has 2 aliphatic heterocycles. The summed E-state index contributed by atoms with van der Waals surface area (Å²) in [5, 5.41) is 3.03. The molecule has 0 saturated carbocycles. The fraction of sp³-hybridized carbons (Fsp3) is 0.323. The number of halogens is 1. The Labute approximate surface area is 232 Å². The van der Waals surface area contributed by atoms with Gasteiger partial charge in [-0.2, -0.15) is 0 Å². The van der Waals surface area contributed by atoms with E-state index in [0.29, 0.717) is 11.3 Å². The van der Waals surface area contributed by atoms with Crippen LogP contribution < -0.4 is 10.1 Å².